The highest BCUT2D eigenvalue weighted by Crippen LogP contribution is 2.37. The number of thioether (sulfide) groups is 1. The number of nitrogens with one attached hydrogen (secondary N) is 2. The number of carbonyl (C=O) groups excluding carboxylic acids is 2. The summed E-state index contributed by atoms with van der Waals surface area (Å²) in [5.74, 6) is 0.969. The van der Waals surface area contributed by atoms with Gasteiger partial charge < -0.3 is 24.7 Å². The van der Waals surface area contributed by atoms with Crippen LogP contribution >= 0.6 is 11.8 Å². The smallest absolute Gasteiger partial charge is 0.328 e. The summed E-state index contributed by atoms with van der Waals surface area (Å²) in [6.07, 6.45) is 4.75. The zero-order valence-electron chi connectivity index (χ0n) is 16.8. The Morgan fingerprint density at radius 2 is 2.17 bits per heavy atom. The molecule has 2 aromatic rings. The summed E-state index contributed by atoms with van der Waals surface area (Å²) in [7, 11) is 2.93. The van der Waals surface area contributed by atoms with Gasteiger partial charge in [-0.2, -0.15) is 11.8 Å². The molecule has 156 valence electrons. The fourth-order valence-electron chi connectivity index (χ4n) is 3.56. The number of fused-ring (bicyclic) bond motifs is 1. The van der Waals surface area contributed by atoms with Crippen LogP contribution in [-0.4, -0.2) is 65.7 Å². The van der Waals surface area contributed by atoms with E-state index in [0.717, 1.165) is 22.7 Å². The normalized spacial score (nSPS) is 16.7. The number of ether oxygens (including phenoxy) is 2. The molecule has 2 atom stereocenters. The summed E-state index contributed by atoms with van der Waals surface area (Å²) >= 11 is 1.61. The van der Waals surface area contributed by atoms with Gasteiger partial charge >= 0.3 is 12.0 Å². The Hall–Kier alpha value is -2.68. The maximum atomic E-state index is 13.2. The molecular formula is C20H26N4O4S. The molecule has 0 fully saturated rings. The molecule has 1 aliphatic rings. The van der Waals surface area contributed by atoms with Crippen LogP contribution in [0.25, 0.3) is 0 Å². The minimum absolute atomic E-state index is 0.328. The van der Waals surface area contributed by atoms with Crippen molar-refractivity contribution in [3.8, 4) is 5.75 Å². The van der Waals surface area contributed by atoms with E-state index in [0.29, 0.717) is 25.1 Å². The lowest BCUT2D eigenvalue weighted by atomic mass is 9.95. The number of para-hydroxylation sites is 1. The first kappa shape index (κ1) is 21.0. The van der Waals surface area contributed by atoms with Gasteiger partial charge in [-0.05, 0) is 24.5 Å². The molecule has 9 heteroatoms. The Bertz CT molecular complexity index is 857. The van der Waals surface area contributed by atoms with E-state index in [1.807, 2.05) is 30.5 Å². The van der Waals surface area contributed by atoms with Gasteiger partial charge in [-0.1, -0.05) is 18.2 Å². The predicted molar refractivity (Wildman–Crippen MR) is 111 cm³/mol. The number of rotatable bonds is 7. The minimum Gasteiger partial charge on any atom is -0.496 e. The second-order valence-corrected chi connectivity index (χ2v) is 7.65. The Kier molecular flexibility index (Phi) is 7.03. The van der Waals surface area contributed by atoms with Gasteiger partial charge in [-0.3, -0.25) is 0 Å². The van der Waals surface area contributed by atoms with Crippen LogP contribution in [0, 0.1) is 0 Å². The van der Waals surface area contributed by atoms with E-state index in [1.54, 1.807) is 30.1 Å². The van der Waals surface area contributed by atoms with Crippen molar-refractivity contribution in [1.82, 2.24) is 20.2 Å². The topological polar surface area (TPSA) is 96.6 Å². The molecule has 1 aromatic heterocycles. The molecule has 3 rings (SSSR count). The highest BCUT2D eigenvalue weighted by atomic mass is 32.2. The lowest BCUT2D eigenvalue weighted by molar-refractivity contribution is -0.142. The molecule has 29 heavy (non-hydrogen) atoms. The molecule has 0 aliphatic carbocycles. The number of urea groups is 1. The standard InChI is InChI=1S/C20H26N4O4S/c1-27-16-7-5-4-6-13(16)18-17-14(21-12-22-17)8-10-24(18)20(26)23-15(9-11-29-3)19(25)28-2/h4-7,12,15,18H,8-11H2,1-3H3,(H,21,22)(H,23,26)/t15-,18?/m0/s1. The fraction of sp³-hybridized carbons (Fsp3) is 0.450. The molecule has 1 aliphatic heterocycles. The third-order valence-corrected chi connectivity index (χ3v) is 5.66. The summed E-state index contributed by atoms with van der Waals surface area (Å²) in [5.41, 5.74) is 2.63. The van der Waals surface area contributed by atoms with Crippen molar-refractivity contribution in [3.05, 3.63) is 47.5 Å². The van der Waals surface area contributed by atoms with Crippen LogP contribution in [0.5, 0.6) is 5.75 Å². The minimum atomic E-state index is -0.696. The number of aromatic amines is 1. The van der Waals surface area contributed by atoms with Crippen LogP contribution < -0.4 is 10.1 Å². The van der Waals surface area contributed by atoms with Crippen LogP contribution in [0.4, 0.5) is 4.79 Å². The van der Waals surface area contributed by atoms with E-state index in [9.17, 15) is 9.59 Å². The average molecular weight is 419 g/mol. The maximum absolute atomic E-state index is 13.2. The summed E-state index contributed by atoms with van der Waals surface area (Å²) in [6, 6.07) is 6.15. The van der Waals surface area contributed by atoms with Crippen LogP contribution in [0.2, 0.25) is 0 Å². The van der Waals surface area contributed by atoms with Crippen molar-refractivity contribution in [2.24, 2.45) is 0 Å². The molecule has 0 bridgehead atoms. The lowest BCUT2D eigenvalue weighted by Gasteiger charge is -2.36. The van der Waals surface area contributed by atoms with Crippen molar-refractivity contribution in [2.75, 3.05) is 32.8 Å². The molecule has 0 radical (unpaired) electrons. The Morgan fingerprint density at radius 1 is 1.38 bits per heavy atom. The number of carbonyl (C=O) groups is 2. The van der Waals surface area contributed by atoms with Gasteiger partial charge in [-0.15, -0.1) is 0 Å². The van der Waals surface area contributed by atoms with E-state index < -0.39 is 18.1 Å². The third-order valence-electron chi connectivity index (χ3n) is 5.01. The fourth-order valence-corrected chi connectivity index (χ4v) is 4.03. The Labute approximate surface area is 174 Å². The zero-order chi connectivity index (χ0) is 20.8. The number of imidazole rings is 1. The SMILES string of the molecule is COC(=O)[C@H](CCSC)NC(=O)N1CCc2[nH]cnc2C1c1ccccc1OC. The second-order valence-electron chi connectivity index (χ2n) is 6.66. The van der Waals surface area contributed by atoms with Crippen molar-refractivity contribution in [3.63, 3.8) is 0 Å². The summed E-state index contributed by atoms with van der Waals surface area (Å²) in [4.78, 5) is 34.7. The summed E-state index contributed by atoms with van der Waals surface area (Å²) in [6.45, 7) is 0.486. The summed E-state index contributed by atoms with van der Waals surface area (Å²) in [5, 5.41) is 2.85. The number of hydrogen-bond donors (Lipinski definition) is 2. The number of amides is 2. The molecule has 2 heterocycles. The maximum Gasteiger partial charge on any atom is 0.328 e. The first-order valence-electron chi connectivity index (χ1n) is 9.39. The van der Waals surface area contributed by atoms with Crippen molar-refractivity contribution in [2.45, 2.75) is 24.9 Å². The Balaban J connectivity index is 1.92. The van der Waals surface area contributed by atoms with Gasteiger partial charge in [0.05, 0.1) is 26.2 Å². The largest absolute Gasteiger partial charge is 0.496 e. The highest BCUT2D eigenvalue weighted by Gasteiger charge is 2.37. The number of aromatic nitrogens is 2. The highest BCUT2D eigenvalue weighted by molar-refractivity contribution is 7.98. The van der Waals surface area contributed by atoms with E-state index >= 15 is 0 Å². The Morgan fingerprint density at radius 3 is 2.90 bits per heavy atom. The van der Waals surface area contributed by atoms with Gasteiger partial charge in [0.2, 0.25) is 0 Å². The quantitative estimate of drug-likeness (QED) is 0.670. The molecule has 2 amide bonds. The zero-order valence-corrected chi connectivity index (χ0v) is 17.6. The van der Waals surface area contributed by atoms with Crippen LogP contribution in [0.1, 0.15) is 29.4 Å². The van der Waals surface area contributed by atoms with Gasteiger partial charge in [0.15, 0.2) is 0 Å². The molecular weight excluding hydrogens is 392 g/mol. The molecule has 2 N–H and O–H groups in total. The van der Waals surface area contributed by atoms with E-state index in [4.69, 9.17) is 9.47 Å². The van der Waals surface area contributed by atoms with E-state index in [2.05, 4.69) is 15.3 Å². The van der Waals surface area contributed by atoms with Crippen molar-refractivity contribution in [1.29, 1.82) is 0 Å². The van der Waals surface area contributed by atoms with E-state index in [-0.39, 0.29) is 6.03 Å². The monoisotopic (exact) mass is 418 g/mol. The van der Waals surface area contributed by atoms with Crippen LogP contribution in [-0.2, 0) is 16.0 Å². The van der Waals surface area contributed by atoms with E-state index in [1.165, 1.54) is 7.11 Å². The lowest BCUT2D eigenvalue weighted by Crippen LogP contribution is -2.51. The molecule has 0 spiro atoms. The third kappa shape index (κ3) is 4.50. The molecule has 1 aromatic carbocycles. The average Bonchev–Trinajstić information content (AvgIpc) is 3.24. The number of nitrogens with zero attached hydrogens (tertiary/aromatic N) is 2. The number of H-pyrrole nitrogens is 1. The predicted octanol–water partition coefficient (Wildman–Crippen LogP) is 2.37. The molecule has 0 saturated heterocycles. The van der Waals surface area contributed by atoms with Gasteiger partial charge in [0.1, 0.15) is 17.8 Å². The van der Waals surface area contributed by atoms with Gasteiger partial charge in [-0.25, -0.2) is 14.6 Å². The van der Waals surface area contributed by atoms with Gasteiger partial charge in [0, 0.05) is 24.2 Å². The number of methoxy groups -OCH3 is 2. The first-order chi connectivity index (χ1) is 14.1. The van der Waals surface area contributed by atoms with Crippen LogP contribution in [0.15, 0.2) is 30.6 Å². The second kappa shape index (κ2) is 9.69. The van der Waals surface area contributed by atoms with Crippen molar-refractivity contribution < 1.29 is 19.1 Å². The van der Waals surface area contributed by atoms with Crippen LogP contribution in [0.3, 0.4) is 0 Å². The molecule has 8 nitrogen and oxygen atoms in total. The number of hydrogen-bond acceptors (Lipinski definition) is 6. The first-order valence-corrected chi connectivity index (χ1v) is 10.8. The summed E-state index contributed by atoms with van der Waals surface area (Å²) < 4.78 is 10.4. The molecule has 1 unspecified atom stereocenters. The number of esters is 1. The van der Waals surface area contributed by atoms with Crippen molar-refractivity contribution >= 4 is 23.8 Å². The molecule has 0 saturated carbocycles. The number of benzene rings is 1. The van der Waals surface area contributed by atoms with Gasteiger partial charge in [0.25, 0.3) is 0 Å².